The molecule has 0 aromatic carbocycles. The predicted molar refractivity (Wildman–Crippen MR) is 109 cm³/mol. The fourth-order valence-corrected chi connectivity index (χ4v) is 4.61. The van der Waals surface area contributed by atoms with Crippen LogP contribution in [-0.4, -0.2) is 46.7 Å². The molecule has 1 fully saturated rings. The number of H-pyrrole nitrogens is 1. The van der Waals surface area contributed by atoms with E-state index >= 15 is 0 Å². The van der Waals surface area contributed by atoms with Crippen LogP contribution in [0, 0.1) is 12.7 Å². The van der Waals surface area contributed by atoms with Gasteiger partial charge in [-0.25, -0.2) is 32.5 Å². The Labute approximate surface area is 168 Å². The van der Waals surface area contributed by atoms with Crippen LogP contribution in [0.5, 0.6) is 0 Å². The molecule has 0 amide bonds. The minimum atomic E-state index is -3.36. The van der Waals surface area contributed by atoms with Crippen LogP contribution in [0.3, 0.4) is 0 Å². The first-order chi connectivity index (χ1) is 13.8. The Hall–Kier alpha value is -2.59. The third kappa shape index (κ3) is 4.38. The second-order valence-corrected chi connectivity index (χ2v) is 9.25. The Balaban J connectivity index is 1.64. The number of sulfonamides is 1. The quantitative estimate of drug-likeness (QED) is 0.587. The summed E-state index contributed by atoms with van der Waals surface area (Å²) in [6.45, 7) is 1.90. The van der Waals surface area contributed by atoms with Gasteiger partial charge in [-0.2, -0.15) is 0 Å². The number of nitrogens with zero attached hydrogens (tertiary/aromatic N) is 3. The maximum atomic E-state index is 14.5. The smallest absolute Gasteiger partial charge is 0.209 e. The van der Waals surface area contributed by atoms with E-state index in [-0.39, 0.29) is 17.9 Å². The van der Waals surface area contributed by atoms with Crippen molar-refractivity contribution in [3.8, 4) is 11.4 Å². The summed E-state index contributed by atoms with van der Waals surface area (Å²) in [6.07, 6.45) is 7.29. The van der Waals surface area contributed by atoms with Crippen molar-refractivity contribution >= 4 is 26.9 Å². The minimum Gasteiger partial charge on any atom is -0.363 e. The lowest BCUT2D eigenvalue weighted by molar-refractivity contribution is 0.377. The molecule has 1 aliphatic rings. The first kappa shape index (κ1) is 19.7. The summed E-state index contributed by atoms with van der Waals surface area (Å²) >= 11 is 0. The molecule has 0 spiro atoms. The Bertz CT molecular complexity index is 1150. The number of hydrogen-bond donors (Lipinski definition) is 3. The molecule has 2 unspecified atom stereocenters. The fraction of sp³-hybridized carbons (Fsp3) is 0.421. The van der Waals surface area contributed by atoms with Crippen molar-refractivity contribution in [3.63, 3.8) is 0 Å². The van der Waals surface area contributed by atoms with Gasteiger partial charge in [0, 0.05) is 34.9 Å². The molecule has 0 bridgehead atoms. The van der Waals surface area contributed by atoms with Gasteiger partial charge in [-0.1, -0.05) is 12.8 Å². The summed E-state index contributed by atoms with van der Waals surface area (Å²) in [4.78, 5) is 16.1. The maximum Gasteiger partial charge on any atom is 0.209 e. The van der Waals surface area contributed by atoms with E-state index in [2.05, 4.69) is 30.0 Å². The van der Waals surface area contributed by atoms with E-state index in [1.165, 1.54) is 0 Å². The van der Waals surface area contributed by atoms with E-state index in [9.17, 15) is 12.8 Å². The molecule has 0 radical (unpaired) electrons. The van der Waals surface area contributed by atoms with Gasteiger partial charge in [-0.15, -0.1) is 0 Å². The van der Waals surface area contributed by atoms with Gasteiger partial charge in [0.15, 0.2) is 17.5 Å². The topological polar surface area (TPSA) is 113 Å². The first-order valence-corrected chi connectivity index (χ1v) is 11.4. The zero-order chi connectivity index (χ0) is 20.6. The van der Waals surface area contributed by atoms with E-state index in [1.807, 2.05) is 19.1 Å². The van der Waals surface area contributed by atoms with Crippen LogP contribution in [-0.2, 0) is 10.0 Å². The molecule has 8 nitrogen and oxygen atoms in total. The molecule has 3 aromatic rings. The third-order valence-electron chi connectivity index (χ3n) is 5.12. The zero-order valence-electron chi connectivity index (χ0n) is 16.2. The molecule has 1 aliphatic carbocycles. The van der Waals surface area contributed by atoms with Gasteiger partial charge in [0.25, 0.3) is 0 Å². The number of hydrogen-bond acceptors (Lipinski definition) is 6. The molecule has 2 atom stereocenters. The SMILES string of the molecule is Cc1ccc2c(-c3ncc(F)c(NC4CCCCC4NS(C)(=O)=O)n3)c[nH]c2n1. The Morgan fingerprint density at radius 3 is 2.69 bits per heavy atom. The average molecular weight is 418 g/mol. The summed E-state index contributed by atoms with van der Waals surface area (Å²) in [5.74, 6) is -0.142. The average Bonchev–Trinajstić information content (AvgIpc) is 3.07. The van der Waals surface area contributed by atoms with E-state index in [0.29, 0.717) is 17.9 Å². The van der Waals surface area contributed by atoms with Gasteiger partial charge in [0.1, 0.15) is 5.65 Å². The number of aromatic nitrogens is 4. The van der Waals surface area contributed by atoms with Gasteiger partial charge in [-0.3, -0.25) is 0 Å². The van der Waals surface area contributed by atoms with Crippen molar-refractivity contribution < 1.29 is 12.8 Å². The number of rotatable bonds is 5. The molecule has 3 heterocycles. The van der Waals surface area contributed by atoms with Gasteiger partial charge in [0.05, 0.1) is 12.5 Å². The molecule has 10 heteroatoms. The Kier molecular flexibility index (Phi) is 5.22. The van der Waals surface area contributed by atoms with E-state index in [0.717, 1.165) is 48.4 Å². The molecular weight excluding hydrogens is 395 g/mol. The second kappa shape index (κ2) is 7.68. The van der Waals surface area contributed by atoms with Gasteiger partial charge >= 0.3 is 0 Å². The largest absolute Gasteiger partial charge is 0.363 e. The molecule has 0 saturated heterocycles. The van der Waals surface area contributed by atoms with Crippen molar-refractivity contribution in [3.05, 3.63) is 36.0 Å². The number of anilines is 1. The lowest BCUT2D eigenvalue weighted by Crippen LogP contribution is -2.48. The predicted octanol–water partition coefficient (Wildman–Crippen LogP) is 2.74. The Morgan fingerprint density at radius 1 is 1.17 bits per heavy atom. The normalized spacial score (nSPS) is 20.1. The van der Waals surface area contributed by atoms with Crippen molar-refractivity contribution in [2.45, 2.75) is 44.7 Å². The number of pyridine rings is 1. The van der Waals surface area contributed by atoms with Crippen molar-refractivity contribution in [2.24, 2.45) is 0 Å². The number of aromatic amines is 1. The van der Waals surface area contributed by atoms with E-state index in [1.54, 1.807) is 6.20 Å². The van der Waals surface area contributed by atoms with Crippen LogP contribution in [0.25, 0.3) is 22.4 Å². The second-order valence-electron chi connectivity index (χ2n) is 7.47. The molecular formula is C19H23FN6O2S. The van der Waals surface area contributed by atoms with Crippen molar-refractivity contribution in [1.82, 2.24) is 24.7 Å². The van der Waals surface area contributed by atoms with Crippen LogP contribution >= 0.6 is 0 Å². The van der Waals surface area contributed by atoms with E-state index < -0.39 is 15.8 Å². The van der Waals surface area contributed by atoms with E-state index in [4.69, 9.17) is 0 Å². The summed E-state index contributed by atoms with van der Waals surface area (Å²) < 4.78 is 40.5. The number of fused-ring (bicyclic) bond motifs is 1. The van der Waals surface area contributed by atoms with Gasteiger partial charge < -0.3 is 10.3 Å². The highest BCUT2D eigenvalue weighted by Crippen LogP contribution is 2.28. The summed E-state index contributed by atoms with van der Waals surface area (Å²) in [5, 5.41) is 3.95. The van der Waals surface area contributed by atoms with Crippen LogP contribution < -0.4 is 10.0 Å². The molecule has 3 aromatic heterocycles. The lowest BCUT2D eigenvalue weighted by atomic mass is 9.91. The summed E-state index contributed by atoms with van der Waals surface area (Å²) in [7, 11) is -3.36. The molecule has 1 saturated carbocycles. The highest BCUT2D eigenvalue weighted by atomic mass is 32.2. The molecule has 154 valence electrons. The molecule has 0 aliphatic heterocycles. The van der Waals surface area contributed by atoms with Crippen LogP contribution in [0.15, 0.2) is 24.5 Å². The minimum absolute atomic E-state index is 0.0663. The highest BCUT2D eigenvalue weighted by molar-refractivity contribution is 7.88. The standard InChI is InChI=1S/C19H23FN6O2S/c1-11-7-8-12-13(9-21-17(12)23-11)18-22-10-14(20)19(25-18)24-15-5-3-4-6-16(15)26-29(2,27)28/h7-10,15-16,26H,3-6H2,1-2H3,(H,21,23)(H,22,24,25). The van der Waals surface area contributed by atoms with Crippen LogP contribution in [0.4, 0.5) is 10.2 Å². The Morgan fingerprint density at radius 2 is 1.93 bits per heavy atom. The van der Waals surface area contributed by atoms with Crippen molar-refractivity contribution in [1.29, 1.82) is 0 Å². The first-order valence-electron chi connectivity index (χ1n) is 9.51. The summed E-state index contributed by atoms with van der Waals surface area (Å²) in [6, 6.07) is 3.27. The summed E-state index contributed by atoms with van der Waals surface area (Å²) in [5.41, 5.74) is 2.33. The maximum absolute atomic E-state index is 14.5. The van der Waals surface area contributed by atoms with Crippen molar-refractivity contribution in [2.75, 3.05) is 11.6 Å². The monoisotopic (exact) mass is 418 g/mol. The zero-order valence-corrected chi connectivity index (χ0v) is 17.1. The molecule has 4 rings (SSSR count). The molecule has 3 N–H and O–H groups in total. The number of halogens is 1. The lowest BCUT2D eigenvalue weighted by Gasteiger charge is -2.32. The van der Waals surface area contributed by atoms with Crippen LogP contribution in [0.1, 0.15) is 31.4 Å². The van der Waals surface area contributed by atoms with Gasteiger partial charge in [-0.05, 0) is 31.9 Å². The highest BCUT2D eigenvalue weighted by Gasteiger charge is 2.28. The van der Waals surface area contributed by atoms with Gasteiger partial charge in [0.2, 0.25) is 10.0 Å². The third-order valence-corrected chi connectivity index (χ3v) is 5.85. The van der Waals surface area contributed by atoms with Crippen LogP contribution in [0.2, 0.25) is 0 Å². The molecule has 29 heavy (non-hydrogen) atoms. The fourth-order valence-electron chi connectivity index (χ4n) is 3.78. The number of aryl methyl sites for hydroxylation is 1. The number of nitrogens with one attached hydrogen (secondary N) is 3.